The normalized spacial score (nSPS) is 16.6. The van der Waals surface area contributed by atoms with E-state index in [4.69, 9.17) is 4.74 Å². The maximum absolute atomic E-state index is 12.6. The molecule has 130 valence electrons. The van der Waals surface area contributed by atoms with Gasteiger partial charge in [-0.2, -0.15) is 0 Å². The molecule has 1 saturated heterocycles. The number of carbonyl (C=O) groups excluding carboxylic acids is 2. The fraction of sp³-hybridized carbons (Fsp3) is 0.300. The highest BCUT2D eigenvalue weighted by Gasteiger charge is 2.32. The second-order valence-corrected chi connectivity index (χ2v) is 6.27. The lowest BCUT2D eigenvalue weighted by Crippen LogP contribution is -2.42. The first-order chi connectivity index (χ1) is 12.0. The van der Waals surface area contributed by atoms with Gasteiger partial charge in [-0.15, -0.1) is 0 Å². The summed E-state index contributed by atoms with van der Waals surface area (Å²) >= 11 is 0. The van der Waals surface area contributed by atoms with E-state index in [1.54, 1.807) is 11.0 Å². The van der Waals surface area contributed by atoms with Gasteiger partial charge in [0.1, 0.15) is 11.8 Å². The average Bonchev–Trinajstić information content (AvgIpc) is 3.07. The van der Waals surface area contributed by atoms with E-state index in [-0.39, 0.29) is 11.8 Å². The smallest absolute Gasteiger partial charge is 0.247 e. The molecule has 1 fully saturated rings. The van der Waals surface area contributed by atoms with Crippen molar-refractivity contribution >= 4 is 17.5 Å². The third-order valence-corrected chi connectivity index (χ3v) is 4.32. The van der Waals surface area contributed by atoms with Gasteiger partial charge in [-0.25, -0.2) is 0 Å². The molecule has 0 bridgehead atoms. The second kappa shape index (κ2) is 7.38. The Bertz CT molecular complexity index is 788. The van der Waals surface area contributed by atoms with E-state index >= 15 is 0 Å². The van der Waals surface area contributed by atoms with Gasteiger partial charge >= 0.3 is 0 Å². The molecule has 0 aromatic heterocycles. The summed E-state index contributed by atoms with van der Waals surface area (Å²) in [5, 5.41) is 2.91. The number of carbonyl (C=O) groups is 2. The maximum atomic E-state index is 12.6. The Morgan fingerprint density at radius 2 is 1.96 bits per heavy atom. The highest BCUT2D eigenvalue weighted by molar-refractivity contribution is 5.98. The van der Waals surface area contributed by atoms with Crippen molar-refractivity contribution in [3.8, 4) is 11.5 Å². The molecule has 2 aromatic carbocycles. The third-order valence-electron chi connectivity index (χ3n) is 4.32. The molecule has 2 aromatic rings. The maximum Gasteiger partial charge on any atom is 0.247 e. The van der Waals surface area contributed by atoms with Crippen molar-refractivity contribution < 1.29 is 14.3 Å². The Morgan fingerprint density at radius 1 is 1.16 bits per heavy atom. The predicted molar refractivity (Wildman–Crippen MR) is 96.7 cm³/mol. The van der Waals surface area contributed by atoms with Gasteiger partial charge in [-0.1, -0.05) is 24.3 Å². The Labute approximate surface area is 147 Å². The van der Waals surface area contributed by atoms with Crippen LogP contribution in [0.4, 0.5) is 5.69 Å². The zero-order valence-corrected chi connectivity index (χ0v) is 14.5. The molecule has 0 radical (unpaired) electrons. The summed E-state index contributed by atoms with van der Waals surface area (Å²) < 4.78 is 5.93. The first-order valence-electron chi connectivity index (χ1n) is 8.46. The summed E-state index contributed by atoms with van der Waals surface area (Å²) in [5.74, 6) is 1.05. The van der Waals surface area contributed by atoms with Gasteiger partial charge < -0.3 is 15.0 Å². The van der Waals surface area contributed by atoms with E-state index in [1.807, 2.05) is 49.4 Å². The summed E-state index contributed by atoms with van der Waals surface area (Å²) in [6, 6.07) is 14.6. The zero-order chi connectivity index (χ0) is 17.8. The SMILES string of the molecule is CC(=O)N1CCCC1C(=O)Nc1ccccc1Oc1cccc(C)c1. The minimum Gasteiger partial charge on any atom is -0.455 e. The van der Waals surface area contributed by atoms with Gasteiger partial charge in [0, 0.05) is 13.5 Å². The van der Waals surface area contributed by atoms with Crippen LogP contribution < -0.4 is 10.1 Å². The monoisotopic (exact) mass is 338 g/mol. The summed E-state index contributed by atoms with van der Waals surface area (Å²) in [4.78, 5) is 25.9. The van der Waals surface area contributed by atoms with Gasteiger partial charge in [-0.3, -0.25) is 9.59 Å². The molecule has 1 heterocycles. The number of ether oxygens (including phenoxy) is 1. The molecule has 0 saturated carbocycles. The molecule has 1 aliphatic rings. The standard InChI is InChI=1S/C20H22N2O3/c1-14-7-5-8-16(13-14)25-19-11-4-3-9-17(19)21-20(24)18-10-6-12-22(18)15(2)23/h3-5,7-9,11,13,18H,6,10,12H2,1-2H3,(H,21,24). The molecule has 25 heavy (non-hydrogen) atoms. The van der Waals surface area contributed by atoms with Gasteiger partial charge in [0.25, 0.3) is 0 Å². The lowest BCUT2D eigenvalue weighted by Gasteiger charge is -2.23. The predicted octanol–water partition coefficient (Wildman–Crippen LogP) is 3.74. The van der Waals surface area contributed by atoms with E-state index in [2.05, 4.69) is 5.32 Å². The van der Waals surface area contributed by atoms with Crippen molar-refractivity contribution in [3.05, 3.63) is 54.1 Å². The van der Waals surface area contributed by atoms with Gasteiger partial charge in [-0.05, 0) is 49.6 Å². The number of likely N-dealkylation sites (tertiary alicyclic amines) is 1. The van der Waals surface area contributed by atoms with Crippen LogP contribution >= 0.6 is 0 Å². The molecule has 5 nitrogen and oxygen atoms in total. The van der Waals surface area contributed by atoms with E-state index in [0.29, 0.717) is 30.2 Å². The van der Waals surface area contributed by atoms with Crippen molar-refractivity contribution in [2.75, 3.05) is 11.9 Å². The Morgan fingerprint density at radius 3 is 2.72 bits per heavy atom. The number of rotatable bonds is 4. The third kappa shape index (κ3) is 3.99. The first kappa shape index (κ1) is 17.0. The van der Waals surface area contributed by atoms with Crippen LogP contribution in [-0.4, -0.2) is 29.3 Å². The molecule has 3 rings (SSSR count). The van der Waals surface area contributed by atoms with Crippen LogP contribution in [0.5, 0.6) is 11.5 Å². The quantitative estimate of drug-likeness (QED) is 0.924. The van der Waals surface area contributed by atoms with Crippen LogP contribution in [0.15, 0.2) is 48.5 Å². The molecule has 0 aliphatic carbocycles. The number of hydrogen-bond donors (Lipinski definition) is 1. The van der Waals surface area contributed by atoms with Crippen LogP contribution in [0, 0.1) is 6.92 Å². The highest BCUT2D eigenvalue weighted by Crippen LogP contribution is 2.30. The molecule has 2 amide bonds. The fourth-order valence-electron chi connectivity index (χ4n) is 3.10. The van der Waals surface area contributed by atoms with Gasteiger partial charge in [0.05, 0.1) is 5.69 Å². The lowest BCUT2D eigenvalue weighted by molar-refractivity contribution is -0.134. The molecule has 1 unspecified atom stereocenters. The Hall–Kier alpha value is -2.82. The van der Waals surface area contributed by atoms with E-state index in [0.717, 1.165) is 12.0 Å². The van der Waals surface area contributed by atoms with Crippen LogP contribution in [-0.2, 0) is 9.59 Å². The second-order valence-electron chi connectivity index (χ2n) is 6.27. The molecule has 0 spiro atoms. The molecule has 1 aliphatic heterocycles. The van der Waals surface area contributed by atoms with E-state index in [1.165, 1.54) is 6.92 Å². The number of amides is 2. The van der Waals surface area contributed by atoms with Crippen molar-refractivity contribution in [2.45, 2.75) is 32.7 Å². The van der Waals surface area contributed by atoms with Crippen LogP contribution in [0.3, 0.4) is 0 Å². The van der Waals surface area contributed by atoms with Crippen molar-refractivity contribution in [3.63, 3.8) is 0 Å². The number of nitrogens with one attached hydrogen (secondary N) is 1. The summed E-state index contributed by atoms with van der Waals surface area (Å²) in [6.45, 7) is 4.13. The van der Waals surface area contributed by atoms with E-state index < -0.39 is 6.04 Å². The lowest BCUT2D eigenvalue weighted by atomic mass is 10.2. The van der Waals surface area contributed by atoms with Crippen molar-refractivity contribution in [2.24, 2.45) is 0 Å². The molecule has 1 N–H and O–H groups in total. The van der Waals surface area contributed by atoms with Crippen LogP contribution in [0.25, 0.3) is 0 Å². The number of para-hydroxylation sites is 2. The van der Waals surface area contributed by atoms with Crippen LogP contribution in [0.2, 0.25) is 0 Å². The average molecular weight is 338 g/mol. The molecule has 5 heteroatoms. The topological polar surface area (TPSA) is 58.6 Å². The minimum absolute atomic E-state index is 0.0676. The van der Waals surface area contributed by atoms with E-state index in [9.17, 15) is 9.59 Å². The largest absolute Gasteiger partial charge is 0.455 e. The number of nitrogens with zero attached hydrogens (tertiary/aromatic N) is 1. The summed E-state index contributed by atoms with van der Waals surface area (Å²) in [6.07, 6.45) is 1.53. The summed E-state index contributed by atoms with van der Waals surface area (Å²) in [7, 11) is 0. The fourth-order valence-corrected chi connectivity index (χ4v) is 3.10. The highest BCUT2D eigenvalue weighted by atomic mass is 16.5. The molecular weight excluding hydrogens is 316 g/mol. The molecular formula is C20H22N2O3. The summed E-state index contributed by atoms with van der Waals surface area (Å²) in [5.41, 5.74) is 1.70. The Balaban J connectivity index is 1.77. The Kier molecular flexibility index (Phi) is 5.03. The first-order valence-corrected chi connectivity index (χ1v) is 8.46. The number of benzene rings is 2. The van der Waals surface area contributed by atoms with Crippen LogP contribution in [0.1, 0.15) is 25.3 Å². The number of hydrogen-bond acceptors (Lipinski definition) is 3. The number of aryl methyl sites for hydroxylation is 1. The van der Waals surface area contributed by atoms with Crippen molar-refractivity contribution in [1.29, 1.82) is 0 Å². The van der Waals surface area contributed by atoms with Gasteiger partial charge in [0.2, 0.25) is 11.8 Å². The zero-order valence-electron chi connectivity index (χ0n) is 14.5. The number of anilines is 1. The molecule has 1 atom stereocenters. The van der Waals surface area contributed by atoms with Crippen molar-refractivity contribution in [1.82, 2.24) is 4.90 Å². The van der Waals surface area contributed by atoms with Gasteiger partial charge in [0.15, 0.2) is 5.75 Å². The minimum atomic E-state index is -0.412.